The Balaban J connectivity index is 1.56. The maximum absolute atomic E-state index is 12.7. The summed E-state index contributed by atoms with van der Waals surface area (Å²) in [6.45, 7) is 0.494. The van der Waals surface area contributed by atoms with Crippen molar-refractivity contribution in [1.29, 1.82) is 0 Å². The Hall–Kier alpha value is -1.56. The number of halogens is 3. The molecule has 1 aromatic carbocycles. The first-order chi connectivity index (χ1) is 10.9. The molecule has 2 aliphatic rings. The van der Waals surface area contributed by atoms with E-state index in [4.69, 9.17) is 4.74 Å². The van der Waals surface area contributed by atoms with Gasteiger partial charge in [-0.15, -0.1) is 0 Å². The first kappa shape index (κ1) is 16.3. The van der Waals surface area contributed by atoms with Crippen molar-refractivity contribution in [2.24, 2.45) is 0 Å². The van der Waals surface area contributed by atoms with Gasteiger partial charge in [0.1, 0.15) is 0 Å². The van der Waals surface area contributed by atoms with Gasteiger partial charge in [0.25, 0.3) is 0 Å². The first-order valence-corrected chi connectivity index (χ1v) is 7.96. The van der Waals surface area contributed by atoms with E-state index in [-0.39, 0.29) is 24.0 Å². The highest BCUT2D eigenvalue weighted by atomic mass is 19.4. The number of alkyl halides is 3. The van der Waals surface area contributed by atoms with Gasteiger partial charge in [0, 0.05) is 0 Å². The molecule has 1 saturated carbocycles. The summed E-state index contributed by atoms with van der Waals surface area (Å²) < 4.78 is 43.9. The van der Waals surface area contributed by atoms with Crippen LogP contribution in [0.5, 0.6) is 0 Å². The van der Waals surface area contributed by atoms with E-state index in [0.29, 0.717) is 12.2 Å². The molecule has 23 heavy (non-hydrogen) atoms. The predicted octanol–water partition coefficient (Wildman–Crippen LogP) is 3.47. The number of hydrogen-bond donors (Lipinski definition) is 1. The number of ether oxygens (including phenoxy) is 1. The van der Waals surface area contributed by atoms with Crippen LogP contribution in [0.3, 0.4) is 0 Å². The maximum atomic E-state index is 12.7. The minimum atomic E-state index is -4.39. The summed E-state index contributed by atoms with van der Waals surface area (Å²) in [5, 5.41) is 2.89. The van der Waals surface area contributed by atoms with Gasteiger partial charge in [0.2, 0.25) is 5.91 Å². The summed E-state index contributed by atoms with van der Waals surface area (Å²) in [6, 6.07) is 4.88. The van der Waals surface area contributed by atoms with Crippen molar-refractivity contribution in [2.75, 3.05) is 6.61 Å². The van der Waals surface area contributed by atoms with Crippen LogP contribution in [-0.4, -0.2) is 24.2 Å². The molecule has 126 valence electrons. The molecular weight excluding hydrogens is 307 g/mol. The third-order valence-corrected chi connectivity index (χ3v) is 4.71. The van der Waals surface area contributed by atoms with E-state index in [1.165, 1.54) is 6.07 Å². The van der Waals surface area contributed by atoms with Gasteiger partial charge in [-0.3, -0.25) is 4.79 Å². The van der Waals surface area contributed by atoms with Crippen molar-refractivity contribution >= 4 is 5.91 Å². The van der Waals surface area contributed by atoms with Crippen LogP contribution in [-0.2, 0) is 22.1 Å². The third-order valence-electron chi connectivity index (χ3n) is 4.71. The molecule has 0 aromatic heterocycles. The predicted molar refractivity (Wildman–Crippen MR) is 78.8 cm³/mol. The van der Waals surface area contributed by atoms with Gasteiger partial charge in [-0.1, -0.05) is 31.0 Å². The fraction of sp³-hybridized carbons (Fsp3) is 0.588. The topological polar surface area (TPSA) is 38.3 Å². The second-order valence-corrected chi connectivity index (χ2v) is 6.54. The molecule has 3 nitrogen and oxygen atoms in total. The summed E-state index contributed by atoms with van der Waals surface area (Å²) >= 11 is 0. The average Bonchev–Trinajstić information content (AvgIpc) is 3.09. The van der Waals surface area contributed by atoms with Crippen LogP contribution in [0.2, 0.25) is 0 Å². The Kier molecular flexibility index (Phi) is 4.36. The first-order valence-electron chi connectivity index (χ1n) is 7.96. The fourth-order valence-corrected chi connectivity index (χ4v) is 3.63. The van der Waals surface area contributed by atoms with Gasteiger partial charge < -0.3 is 10.1 Å². The van der Waals surface area contributed by atoms with Crippen LogP contribution in [0.15, 0.2) is 24.3 Å². The largest absolute Gasteiger partial charge is 0.416 e. The molecule has 6 heteroatoms. The molecule has 1 saturated heterocycles. The second-order valence-electron chi connectivity index (χ2n) is 6.54. The molecule has 1 aromatic rings. The van der Waals surface area contributed by atoms with Crippen molar-refractivity contribution in [2.45, 2.75) is 56.3 Å². The average molecular weight is 327 g/mol. The number of rotatable bonds is 3. The standard InChI is InChI=1S/C17H20F3NO2/c18-17(19,20)13-5-3-4-12(8-13)9-15(22)21-14-10-16(23-11-14)6-1-2-7-16/h3-5,8,14H,1-2,6-7,9-11H2,(H,21,22). The second kappa shape index (κ2) is 6.15. The van der Waals surface area contributed by atoms with Crippen LogP contribution >= 0.6 is 0 Å². The van der Waals surface area contributed by atoms with Gasteiger partial charge in [-0.05, 0) is 30.9 Å². The van der Waals surface area contributed by atoms with E-state index >= 15 is 0 Å². The lowest BCUT2D eigenvalue weighted by molar-refractivity contribution is -0.137. The van der Waals surface area contributed by atoms with Crippen molar-refractivity contribution in [3.05, 3.63) is 35.4 Å². The number of carbonyl (C=O) groups excluding carboxylic acids is 1. The van der Waals surface area contributed by atoms with E-state index in [2.05, 4.69) is 5.32 Å². The SMILES string of the molecule is O=C(Cc1cccc(C(F)(F)F)c1)NC1COC2(CCCC2)C1. The van der Waals surface area contributed by atoms with Gasteiger partial charge >= 0.3 is 6.18 Å². The number of carbonyl (C=O) groups is 1. The number of hydrogen-bond acceptors (Lipinski definition) is 2. The zero-order chi connectivity index (χ0) is 16.5. The van der Waals surface area contributed by atoms with Crippen LogP contribution < -0.4 is 5.32 Å². The summed E-state index contributed by atoms with van der Waals surface area (Å²) in [6.07, 6.45) is 0.755. The van der Waals surface area contributed by atoms with E-state index in [9.17, 15) is 18.0 Å². The Labute approximate surface area is 133 Å². The van der Waals surface area contributed by atoms with Gasteiger partial charge in [0.05, 0.1) is 30.2 Å². The molecule has 0 radical (unpaired) electrons. The molecule has 1 spiro atoms. The van der Waals surface area contributed by atoms with Crippen LogP contribution in [0.1, 0.15) is 43.2 Å². The van der Waals surface area contributed by atoms with Crippen LogP contribution in [0.25, 0.3) is 0 Å². The van der Waals surface area contributed by atoms with Gasteiger partial charge in [-0.25, -0.2) is 0 Å². The lowest BCUT2D eigenvalue weighted by Crippen LogP contribution is -2.37. The highest BCUT2D eigenvalue weighted by Gasteiger charge is 2.42. The molecule has 1 aliphatic carbocycles. The summed E-state index contributed by atoms with van der Waals surface area (Å²) in [4.78, 5) is 12.1. The van der Waals surface area contributed by atoms with Gasteiger partial charge in [0.15, 0.2) is 0 Å². The van der Waals surface area contributed by atoms with Crippen molar-refractivity contribution in [1.82, 2.24) is 5.32 Å². The fourth-order valence-electron chi connectivity index (χ4n) is 3.63. The maximum Gasteiger partial charge on any atom is 0.416 e. The minimum absolute atomic E-state index is 0.0357. The monoisotopic (exact) mass is 327 g/mol. The minimum Gasteiger partial charge on any atom is -0.373 e. The smallest absolute Gasteiger partial charge is 0.373 e. The normalized spacial score (nSPS) is 23.3. The van der Waals surface area contributed by atoms with Crippen molar-refractivity contribution < 1.29 is 22.7 Å². The molecule has 1 atom stereocenters. The summed E-state index contributed by atoms with van der Waals surface area (Å²) in [5.74, 6) is -0.257. The Bertz CT molecular complexity index is 579. The molecule has 1 amide bonds. The third kappa shape index (κ3) is 3.86. The zero-order valence-electron chi connectivity index (χ0n) is 12.8. The van der Waals surface area contributed by atoms with E-state index < -0.39 is 11.7 Å². The number of nitrogens with one attached hydrogen (secondary N) is 1. The van der Waals surface area contributed by atoms with Crippen molar-refractivity contribution in [3.8, 4) is 0 Å². The molecule has 1 unspecified atom stereocenters. The lowest BCUT2D eigenvalue weighted by Gasteiger charge is -2.21. The number of benzene rings is 1. The summed E-state index contributed by atoms with van der Waals surface area (Å²) in [7, 11) is 0. The highest BCUT2D eigenvalue weighted by molar-refractivity contribution is 5.79. The molecule has 2 fully saturated rings. The summed E-state index contributed by atoms with van der Waals surface area (Å²) in [5.41, 5.74) is -0.433. The van der Waals surface area contributed by atoms with Gasteiger partial charge in [-0.2, -0.15) is 13.2 Å². The Morgan fingerprint density at radius 2 is 2.04 bits per heavy atom. The lowest BCUT2D eigenvalue weighted by atomic mass is 9.96. The molecular formula is C17H20F3NO2. The van der Waals surface area contributed by atoms with E-state index in [0.717, 1.165) is 44.2 Å². The highest BCUT2D eigenvalue weighted by Crippen LogP contribution is 2.40. The van der Waals surface area contributed by atoms with E-state index in [1.54, 1.807) is 6.07 Å². The molecule has 1 heterocycles. The molecule has 0 bridgehead atoms. The molecule has 1 N–H and O–H groups in total. The van der Waals surface area contributed by atoms with Crippen molar-refractivity contribution in [3.63, 3.8) is 0 Å². The molecule has 3 rings (SSSR count). The Morgan fingerprint density at radius 3 is 2.74 bits per heavy atom. The zero-order valence-corrected chi connectivity index (χ0v) is 12.8. The van der Waals surface area contributed by atoms with E-state index in [1.807, 2.05) is 0 Å². The number of amides is 1. The van der Waals surface area contributed by atoms with Crippen LogP contribution in [0.4, 0.5) is 13.2 Å². The Morgan fingerprint density at radius 1 is 1.30 bits per heavy atom. The van der Waals surface area contributed by atoms with Crippen LogP contribution in [0, 0.1) is 0 Å². The molecule has 1 aliphatic heterocycles. The quantitative estimate of drug-likeness (QED) is 0.923.